The fourth-order valence-electron chi connectivity index (χ4n) is 2.25. The second-order valence-electron chi connectivity index (χ2n) is 5.34. The Hall–Kier alpha value is -1.96. The van der Waals surface area contributed by atoms with E-state index >= 15 is 0 Å². The lowest BCUT2D eigenvalue weighted by Crippen LogP contribution is -2.30. The van der Waals surface area contributed by atoms with E-state index in [9.17, 15) is 4.79 Å². The minimum Gasteiger partial charge on any atom is -0.465 e. The first-order chi connectivity index (χ1) is 12.1. The third-order valence-corrected chi connectivity index (χ3v) is 4.74. The Balaban J connectivity index is 2.07. The van der Waals surface area contributed by atoms with Crippen LogP contribution in [0.5, 0.6) is 0 Å². The molecule has 2 rings (SSSR count). The number of hydrogen-bond acceptors (Lipinski definition) is 5. The van der Waals surface area contributed by atoms with Crippen molar-refractivity contribution in [2.45, 2.75) is 12.8 Å². The molecule has 0 atom stereocenters. The van der Waals surface area contributed by atoms with Gasteiger partial charge < -0.3 is 20.1 Å². The highest BCUT2D eigenvalue weighted by Gasteiger charge is 2.17. The SMILES string of the molecule is COCCCNC(=S)Nc1sc(Cc2ccccc2)cc1C(=O)OC. The summed E-state index contributed by atoms with van der Waals surface area (Å²) in [6, 6.07) is 12.0. The van der Waals surface area contributed by atoms with E-state index in [4.69, 9.17) is 21.7 Å². The topological polar surface area (TPSA) is 59.6 Å². The van der Waals surface area contributed by atoms with Gasteiger partial charge in [-0.25, -0.2) is 4.79 Å². The van der Waals surface area contributed by atoms with E-state index in [2.05, 4.69) is 22.8 Å². The maximum atomic E-state index is 12.0. The lowest BCUT2D eigenvalue weighted by Gasteiger charge is -2.10. The molecule has 0 aliphatic heterocycles. The molecule has 5 nitrogen and oxygen atoms in total. The lowest BCUT2D eigenvalue weighted by atomic mass is 10.1. The van der Waals surface area contributed by atoms with Crippen LogP contribution in [0.25, 0.3) is 0 Å². The zero-order chi connectivity index (χ0) is 18.1. The van der Waals surface area contributed by atoms with Gasteiger partial charge in [-0.15, -0.1) is 11.3 Å². The van der Waals surface area contributed by atoms with E-state index in [1.807, 2.05) is 24.3 Å². The van der Waals surface area contributed by atoms with Crippen molar-refractivity contribution in [2.24, 2.45) is 0 Å². The Morgan fingerprint density at radius 2 is 2.00 bits per heavy atom. The molecule has 2 aromatic rings. The normalized spacial score (nSPS) is 10.3. The van der Waals surface area contributed by atoms with Gasteiger partial charge in [-0.3, -0.25) is 0 Å². The summed E-state index contributed by atoms with van der Waals surface area (Å²) in [5, 5.41) is 7.39. The van der Waals surface area contributed by atoms with Crippen molar-refractivity contribution >= 4 is 39.6 Å². The van der Waals surface area contributed by atoms with Gasteiger partial charge in [0.2, 0.25) is 0 Å². The zero-order valence-electron chi connectivity index (χ0n) is 14.3. The molecule has 134 valence electrons. The van der Waals surface area contributed by atoms with Crippen molar-refractivity contribution in [3.05, 3.63) is 52.4 Å². The molecule has 1 heterocycles. The summed E-state index contributed by atoms with van der Waals surface area (Å²) in [6.07, 6.45) is 1.61. The molecule has 0 unspecified atom stereocenters. The Kier molecular flexibility index (Phi) is 7.84. The van der Waals surface area contributed by atoms with E-state index in [0.717, 1.165) is 17.7 Å². The fourth-order valence-corrected chi connectivity index (χ4v) is 3.60. The third kappa shape index (κ3) is 6.12. The largest absolute Gasteiger partial charge is 0.465 e. The third-order valence-electron chi connectivity index (χ3n) is 3.45. The van der Waals surface area contributed by atoms with Gasteiger partial charge in [-0.1, -0.05) is 30.3 Å². The molecule has 2 N–H and O–H groups in total. The highest BCUT2D eigenvalue weighted by Crippen LogP contribution is 2.30. The number of nitrogens with one attached hydrogen (secondary N) is 2. The molecule has 0 aliphatic rings. The van der Waals surface area contributed by atoms with Gasteiger partial charge in [0.15, 0.2) is 5.11 Å². The number of methoxy groups -OCH3 is 2. The molecular weight excluding hydrogens is 356 g/mol. The van der Waals surface area contributed by atoms with Gasteiger partial charge in [-0.2, -0.15) is 0 Å². The van der Waals surface area contributed by atoms with Crippen LogP contribution >= 0.6 is 23.6 Å². The molecule has 7 heteroatoms. The smallest absolute Gasteiger partial charge is 0.340 e. The van der Waals surface area contributed by atoms with E-state index in [1.165, 1.54) is 24.0 Å². The van der Waals surface area contributed by atoms with Crippen LogP contribution in [0.15, 0.2) is 36.4 Å². The number of benzene rings is 1. The van der Waals surface area contributed by atoms with E-state index in [0.29, 0.717) is 28.8 Å². The molecule has 0 amide bonds. The summed E-state index contributed by atoms with van der Waals surface area (Å²) in [5.41, 5.74) is 1.69. The second-order valence-corrected chi connectivity index (χ2v) is 6.88. The number of esters is 1. The maximum absolute atomic E-state index is 12.0. The number of ether oxygens (including phenoxy) is 2. The highest BCUT2D eigenvalue weighted by molar-refractivity contribution is 7.80. The van der Waals surface area contributed by atoms with Crippen LogP contribution in [0.2, 0.25) is 0 Å². The average molecular weight is 379 g/mol. The lowest BCUT2D eigenvalue weighted by molar-refractivity contribution is 0.0602. The number of thiocarbonyl (C=S) groups is 1. The van der Waals surface area contributed by atoms with Crippen LogP contribution in [0.1, 0.15) is 27.2 Å². The van der Waals surface area contributed by atoms with Crippen molar-refractivity contribution in [1.82, 2.24) is 5.32 Å². The first kappa shape index (κ1) is 19.4. The minimum atomic E-state index is -0.375. The standard InChI is InChI=1S/C18H22N2O3S2/c1-22-10-6-9-19-18(24)20-16-15(17(21)23-2)12-14(25-16)11-13-7-4-3-5-8-13/h3-5,7-8,12H,6,9-11H2,1-2H3,(H2,19,20,24). The van der Waals surface area contributed by atoms with Crippen molar-refractivity contribution in [3.8, 4) is 0 Å². The van der Waals surface area contributed by atoms with Crippen LogP contribution in [-0.2, 0) is 15.9 Å². The second kappa shape index (κ2) is 10.1. The summed E-state index contributed by atoms with van der Waals surface area (Å²) >= 11 is 6.80. The van der Waals surface area contributed by atoms with Crippen LogP contribution in [0.4, 0.5) is 5.00 Å². The van der Waals surface area contributed by atoms with Gasteiger partial charge in [0.05, 0.1) is 12.7 Å². The molecular formula is C18H22N2O3S2. The van der Waals surface area contributed by atoms with Gasteiger partial charge in [-0.05, 0) is 30.3 Å². The molecule has 0 aliphatic carbocycles. The molecule has 0 saturated heterocycles. The Labute approximate surface area is 157 Å². The Morgan fingerprint density at radius 1 is 1.24 bits per heavy atom. The zero-order valence-corrected chi connectivity index (χ0v) is 16.0. The summed E-state index contributed by atoms with van der Waals surface area (Å²) in [7, 11) is 3.04. The van der Waals surface area contributed by atoms with Crippen molar-refractivity contribution < 1.29 is 14.3 Å². The number of thiophene rings is 1. The van der Waals surface area contributed by atoms with Crippen LogP contribution in [0.3, 0.4) is 0 Å². The number of carbonyl (C=O) groups is 1. The fraction of sp³-hybridized carbons (Fsp3) is 0.333. The van der Waals surface area contributed by atoms with Crippen LogP contribution < -0.4 is 10.6 Å². The molecule has 25 heavy (non-hydrogen) atoms. The van der Waals surface area contributed by atoms with E-state index in [-0.39, 0.29) is 5.97 Å². The summed E-state index contributed by atoms with van der Waals surface area (Å²) in [5.74, 6) is -0.375. The molecule has 1 aromatic heterocycles. The summed E-state index contributed by atoms with van der Waals surface area (Å²) < 4.78 is 9.89. The quantitative estimate of drug-likeness (QED) is 0.417. The molecule has 0 saturated carbocycles. The Bertz CT molecular complexity index is 702. The summed E-state index contributed by atoms with van der Waals surface area (Å²) in [4.78, 5) is 13.1. The molecule has 0 radical (unpaired) electrons. The van der Waals surface area contributed by atoms with Gasteiger partial charge >= 0.3 is 5.97 Å². The van der Waals surface area contributed by atoms with Crippen LogP contribution in [-0.4, -0.2) is 38.5 Å². The van der Waals surface area contributed by atoms with Crippen LogP contribution in [0, 0.1) is 0 Å². The van der Waals surface area contributed by atoms with Crippen molar-refractivity contribution in [3.63, 3.8) is 0 Å². The van der Waals surface area contributed by atoms with E-state index < -0.39 is 0 Å². The molecule has 0 fully saturated rings. The molecule has 1 aromatic carbocycles. The van der Waals surface area contributed by atoms with Gasteiger partial charge in [0.1, 0.15) is 5.00 Å². The predicted octanol–water partition coefficient (Wildman–Crippen LogP) is 3.45. The number of hydrogen-bond donors (Lipinski definition) is 2. The Morgan fingerprint density at radius 3 is 2.68 bits per heavy atom. The molecule has 0 spiro atoms. The maximum Gasteiger partial charge on any atom is 0.340 e. The van der Waals surface area contributed by atoms with Crippen molar-refractivity contribution in [1.29, 1.82) is 0 Å². The monoisotopic (exact) mass is 378 g/mol. The minimum absolute atomic E-state index is 0.375. The number of carbonyl (C=O) groups excluding carboxylic acids is 1. The highest BCUT2D eigenvalue weighted by atomic mass is 32.1. The predicted molar refractivity (Wildman–Crippen MR) is 106 cm³/mol. The van der Waals surface area contributed by atoms with E-state index in [1.54, 1.807) is 7.11 Å². The summed E-state index contributed by atoms with van der Waals surface area (Å²) in [6.45, 7) is 1.37. The first-order valence-corrected chi connectivity index (χ1v) is 9.15. The number of rotatable bonds is 8. The van der Waals surface area contributed by atoms with Gasteiger partial charge in [0, 0.05) is 31.6 Å². The number of anilines is 1. The van der Waals surface area contributed by atoms with Gasteiger partial charge in [0.25, 0.3) is 0 Å². The first-order valence-electron chi connectivity index (χ1n) is 7.92. The van der Waals surface area contributed by atoms with Crippen molar-refractivity contribution in [2.75, 3.05) is 32.7 Å². The molecule has 0 bridgehead atoms. The average Bonchev–Trinajstić information content (AvgIpc) is 3.01.